The minimum Gasteiger partial charge on any atom is -0.462 e. The lowest BCUT2D eigenvalue weighted by atomic mass is 10.1. The predicted octanol–water partition coefficient (Wildman–Crippen LogP) is 2.56. The van der Waals surface area contributed by atoms with Gasteiger partial charge in [-0.3, -0.25) is 0 Å². The van der Waals surface area contributed by atoms with Crippen LogP contribution in [0, 0.1) is 6.92 Å². The van der Waals surface area contributed by atoms with E-state index in [0.717, 1.165) is 12.0 Å². The Balaban J connectivity index is 2.71. The molecule has 2 heteroatoms. The normalized spacial score (nSPS) is 9.69. The molecule has 0 atom stereocenters. The highest BCUT2D eigenvalue weighted by atomic mass is 16.5. The van der Waals surface area contributed by atoms with Gasteiger partial charge in [0.2, 0.25) is 0 Å². The summed E-state index contributed by atoms with van der Waals surface area (Å²) >= 11 is 0. The van der Waals surface area contributed by atoms with Crippen LogP contribution in [0.1, 0.15) is 29.3 Å². The smallest absolute Gasteiger partial charge is 0.338 e. The molecule has 1 aromatic rings. The maximum atomic E-state index is 11.4. The van der Waals surface area contributed by atoms with E-state index >= 15 is 0 Å². The van der Waals surface area contributed by atoms with Crippen molar-refractivity contribution in [2.45, 2.75) is 20.3 Å². The maximum Gasteiger partial charge on any atom is 0.338 e. The number of rotatable bonds is 3. The van der Waals surface area contributed by atoms with E-state index in [9.17, 15) is 4.79 Å². The quantitative estimate of drug-likeness (QED) is 0.665. The van der Waals surface area contributed by atoms with Crippen LogP contribution >= 0.6 is 0 Å². The molecule has 1 rings (SSSR count). The molecular formula is C11H14O2. The highest BCUT2D eigenvalue weighted by Gasteiger charge is 2.07. The molecule has 70 valence electrons. The highest BCUT2D eigenvalue weighted by Crippen LogP contribution is 2.08. The van der Waals surface area contributed by atoms with E-state index in [1.54, 1.807) is 6.07 Å². The van der Waals surface area contributed by atoms with Crippen LogP contribution in [0.25, 0.3) is 0 Å². The molecule has 0 saturated carbocycles. The van der Waals surface area contributed by atoms with Crippen LogP contribution in [-0.2, 0) is 4.74 Å². The second-order valence-electron chi connectivity index (χ2n) is 2.95. The predicted molar refractivity (Wildman–Crippen MR) is 51.8 cm³/mol. The average Bonchev–Trinajstić information content (AvgIpc) is 2.15. The first-order chi connectivity index (χ1) is 6.25. The molecule has 2 nitrogen and oxygen atoms in total. The molecule has 0 radical (unpaired) electrons. The van der Waals surface area contributed by atoms with Gasteiger partial charge in [-0.25, -0.2) is 4.79 Å². The Kier molecular flexibility index (Phi) is 3.50. The molecular weight excluding hydrogens is 164 g/mol. The van der Waals surface area contributed by atoms with Gasteiger partial charge in [0.25, 0.3) is 0 Å². The summed E-state index contributed by atoms with van der Waals surface area (Å²) in [6.07, 6.45) is 0.859. The summed E-state index contributed by atoms with van der Waals surface area (Å²) in [4.78, 5) is 11.4. The largest absolute Gasteiger partial charge is 0.462 e. The van der Waals surface area contributed by atoms with E-state index in [0.29, 0.717) is 12.2 Å². The number of hydrogen-bond donors (Lipinski definition) is 0. The third-order valence-corrected chi connectivity index (χ3v) is 1.80. The summed E-state index contributed by atoms with van der Waals surface area (Å²) in [5, 5.41) is 0. The number of carbonyl (C=O) groups excluding carboxylic acids is 1. The van der Waals surface area contributed by atoms with Crippen molar-refractivity contribution in [2.24, 2.45) is 0 Å². The van der Waals surface area contributed by atoms with Gasteiger partial charge in [0, 0.05) is 0 Å². The minimum atomic E-state index is -0.222. The fourth-order valence-corrected chi connectivity index (χ4v) is 1.07. The Hall–Kier alpha value is -1.31. The van der Waals surface area contributed by atoms with E-state index < -0.39 is 0 Å². The van der Waals surface area contributed by atoms with Crippen LogP contribution in [0.4, 0.5) is 0 Å². The Morgan fingerprint density at radius 2 is 2.08 bits per heavy atom. The van der Waals surface area contributed by atoms with Crippen molar-refractivity contribution in [3.8, 4) is 0 Å². The van der Waals surface area contributed by atoms with Gasteiger partial charge in [-0.1, -0.05) is 25.1 Å². The molecule has 0 heterocycles. The molecule has 1 aromatic carbocycles. The molecule has 0 aromatic heterocycles. The number of hydrogen-bond acceptors (Lipinski definition) is 2. The van der Waals surface area contributed by atoms with E-state index in [4.69, 9.17) is 4.74 Å². The summed E-state index contributed by atoms with van der Waals surface area (Å²) in [7, 11) is 0. The topological polar surface area (TPSA) is 26.3 Å². The van der Waals surface area contributed by atoms with Crippen LogP contribution in [0.2, 0.25) is 0 Å². The lowest BCUT2D eigenvalue weighted by Gasteiger charge is -2.04. The van der Waals surface area contributed by atoms with Gasteiger partial charge in [-0.15, -0.1) is 0 Å². The fraction of sp³-hybridized carbons (Fsp3) is 0.364. The van der Waals surface area contributed by atoms with Crippen LogP contribution in [0.5, 0.6) is 0 Å². The first-order valence-electron chi connectivity index (χ1n) is 4.48. The molecule has 0 aliphatic heterocycles. The van der Waals surface area contributed by atoms with Crippen molar-refractivity contribution in [1.82, 2.24) is 0 Å². The molecule has 0 aliphatic rings. The summed E-state index contributed by atoms with van der Waals surface area (Å²) in [5.41, 5.74) is 1.62. The number of carbonyl (C=O) groups is 1. The van der Waals surface area contributed by atoms with E-state index in [1.807, 2.05) is 32.0 Å². The molecule has 0 saturated heterocycles. The van der Waals surface area contributed by atoms with Crippen LogP contribution < -0.4 is 0 Å². The molecule has 0 N–H and O–H groups in total. The molecule has 0 bridgehead atoms. The fourth-order valence-electron chi connectivity index (χ4n) is 1.07. The highest BCUT2D eigenvalue weighted by molar-refractivity contribution is 5.90. The lowest BCUT2D eigenvalue weighted by Crippen LogP contribution is -2.07. The monoisotopic (exact) mass is 178 g/mol. The molecule has 0 unspecified atom stereocenters. The van der Waals surface area contributed by atoms with Crippen LogP contribution in [0.15, 0.2) is 24.3 Å². The Labute approximate surface area is 78.5 Å². The minimum absolute atomic E-state index is 0.222. The Bertz CT molecular complexity index is 292. The van der Waals surface area contributed by atoms with E-state index in [-0.39, 0.29) is 5.97 Å². The van der Waals surface area contributed by atoms with Gasteiger partial charge in [0.15, 0.2) is 0 Å². The summed E-state index contributed by atoms with van der Waals surface area (Å²) in [6.45, 7) is 4.38. The van der Waals surface area contributed by atoms with E-state index in [1.165, 1.54) is 0 Å². The number of ether oxygens (including phenoxy) is 1. The van der Waals surface area contributed by atoms with Gasteiger partial charge in [0.05, 0.1) is 12.2 Å². The molecule has 0 amide bonds. The zero-order valence-electron chi connectivity index (χ0n) is 8.04. The Morgan fingerprint density at radius 1 is 1.38 bits per heavy atom. The second kappa shape index (κ2) is 4.65. The number of esters is 1. The van der Waals surface area contributed by atoms with E-state index in [2.05, 4.69) is 0 Å². The third kappa shape index (κ3) is 2.58. The van der Waals surface area contributed by atoms with Crippen LogP contribution in [-0.4, -0.2) is 12.6 Å². The molecule has 0 aliphatic carbocycles. The third-order valence-electron chi connectivity index (χ3n) is 1.80. The first kappa shape index (κ1) is 9.78. The van der Waals surface area contributed by atoms with Crippen molar-refractivity contribution in [2.75, 3.05) is 6.61 Å². The maximum absolute atomic E-state index is 11.4. The molecule has 13 heavy (non-hydrogen) atoms. The van der Waals surface area contributed by atoms with Gasteiger partial charge in [-0.05, 0) is 25.0 Å². The van der Waals surface area contributed by atoms with Gasteiger partial charge >= 0.3 is 5.97 Å². The van der Waals surface area contributed by atoms with Crippen LogP contribution in [0.3, 0.4) is 0 Å². The van der Waals surface area contributed by atoms with Crippen molar-refractivity contribution >= 4 is 5.97 Å². The van der Waals surface area contributed by atoms with Gasteiger partial charge in [-0.2, -0.15) is 0 Å². The van der Waals surface area contributed by atoms with Crippen molar-refractivity contribution < 1.29 is 9.53 Å². The summed E-state index contributed by atoms with van der Waals surface area (Å²) in [5.74, 6) is -0.222. The van der Waals surface area contributed by atoms with Crippen molar-refractivity contribution in [1.29, 1.82) is 0 Å². The van der Waals surface area contributed by atoms with Gasteiger partial charge in [0.1, 0.15) is 0 Å². The summed E-state index contributed by atoms with van der Waals surface area (Å²) < 4.78 is 5.02. The number of benzene rings is 1. The molecule has 0 spiro atoms. The number of aryl methyl sites for hydroxylation is 1. The average molecular weight is 178 g/mol. The molecule has 0 fully saturated rings. The Morgan fingerprint density at radius 3 is 2.69 bits per heavy atom. The first-order valence-corrected chi connectivity index (χ1v) is 4.48. The van der Waals surface area contributed by atoms with Crippen molar-refractivity contribution in [3.63, 3.8) is 0 Å². The summed E-state index contributed by atoms with van der Waals surface area (Å²) in [6, 6.07) is 7.44. The standard InChI is InChI=1S/C11H14O2/c1-3-8-13-11(12)10-7-5-4-6-9(10)2/h4-7H,3,8H2,1-2H3. The second-order valence-corrected chi connectivity index (χ2v) is 2.95. The zero-order chi connectivity index (χ0) is 9.68. The van der Waals surface area contributed by atoms with Gasteiger partial charge < -0.3 is 4.74 Å². The lowest BCUT2D eigenvalue weighted by molar-refractivity contribution is 0.0504. The SMILES string of the molecule is CCCOC(=O)c1ccccc1C. The van der Waals surface area contributed by atoms with Crippen molar-refractivity contribution in [3.05, 3.63) is 35.4 Å². The zero-order valence-corrected chi connectivity index (χ0v) is 8.04.